The van der Waals surface area contributed by atoms with Crippen LogP contribution >= 0.6 is 0 Å². The van der Waals surface area contributed by atoms with E-state index in [1.165, 1.54) is 24.0 Å². The van der Waals surface area contributed by atoms with Gasteiger partial charge in [0.2, 0.25) is 5.91 Å². The normalized spacial score (nSPS) is 20.8. The fourth-order valence-corrected chi connectivity index (χ4v) is 3.32. The van der Waals surface area contributed by atoms with Crippen LogP contribution in [0.25, 0.3) is 0 Å². The summed E-state index contributed by atoms with van der Waals surface area (Å²) < 4.78 is 5.22. The third kappa shape index (κ3) is 3.98. The summed E-state index contributed by atoms with van der Waals surface area (Å²) in [5, 5.41) is 2.86. The first-order chi connectivity index (χ1) is 13.9. The minimum Gasteiger partial charge on any atom is -0.444 e. The molecule has 0 saturated carbocycles. The van der Waals surface area contributed by atoms with Crippen molar-refractivity contribution in [3.63, 3.8) is 0 Å². The Hall–Kier alpha value is -3.43. The number of likely N-dealkylation sites (tertiary alicyclic amines) is 1. The molecule has 1 N–H and O–H groups in total. The molecule has 2 aliphatic rings. The van der Waals surface area contributed by atoms with Crippen LogP contribution in [0.1, 0.15) is 54.8 Å². The molecule has 1 fully saturated rings. The van der Waals surface area contributed by atoms with Gasteiger partial charge in [-0.2, -0.15) is 0 Å². The van der Waals surface area contributed by atoms with Crippen molar-refractivity contribution in [2.45, 2.75) is 45.3 Å². The zero-order chi connectivity index (χ0) is 22.3. The van der Waals surface area contributed by atoms with Gasteiger partial charge in [0.1, 0.15) is 5.60 Å². The standard InChI is InChI=1S/C20H23N3O7/c1-12(24)22-10-9-20(11-22,21-18(28)29-19(2,3)4)17(27)30-23-15(25)13-7-5-6-8-14(13)16(23)26/h5-8H,9-11H2,1-4H3,(H,21,28). The number of carbonyl (C=O) groups excluding carboxylic acids is 5. The van der Waals surface area contributed by atoms with E-state index in [0.717, 1.165) is 0 Å². The molecular formula is C20H23N3O7. The molecule has 1 aromatic rings. The first kappa shape index (κ1) is 21.3. The second-order valence-corrected chi connectivity index (χ2v) is 8.23. The summed E-state index contributed by atoms with van der Waals surface area (Å²) in [5.41, 5.74) is -2.26. The van der Waals surface area contributed by atoms with Crippen LogP contribution < -0.4 is 5.32 Å². The predicted octanol–water partition coefficient (Wildman–Crippen LogP) is 1.26. The lowest BCUT2D eigenvalue weighted by Gasteiger charge is -2.30. The van der Waals surface area contributed by atoms with Gasteiger partial charge in [0, 0.05) is 19.9 Å². The van der Waals surface area contributed by atoms with E-state index in [1.807, 2.05) is 0 Å². The van der Waals surface area contributed by atoms with Crippen LogP contribution in [0.2, 0.25) is 0 Å². The lowest BCUT2D eigenvalue weighted by atomic mass is 9.99. The molecule has 30 heavy (non-hydrogen) atoms. The number of nitrogens with one attached hydrogen (secondary N) is 1. The van der Waals surface area contributed by atoms with Crippen molar-refractivity contribution in [2.75, 3.05) is 13.1 Å². The highest BCUT2D eigenvalue weighted by molar-refractivity contribution is 6.21. The summed E-state index contributed by atoms with van der Waals surface area (Å²) in [6.45, 7) is 6.32. The van der Waals surface area contributed by atoms with Crippen molar-refractivity contribution >= 4 is 29.8 Å². The molecule has 1 atom stereocenters. The second-order valence-electron chi connectivity index (χ2n) is 8.23. The molecule has 0 aliphatic carbocycles. The van der Waals surface area contributed by atoms with Crippen LogP contribution in [0.4, 0.5) is 4.79 Å². The number of carbonyl (C=O) groups is 5. The highest BCUT2D eigenvalue weighted by atomic mass is 16.7. The lowest BCUT2D eigenvalue weighted by Crippen LogP contribution is -2.59. The molecule has 0 bridgehead atoms. The number of amides is 4. The largest absolute Gasteiger partial charge is 0.444 e. The number of fused-ring (bicyclic) bond motifs is 1. The van der Waals surface area contributed by atoms with Gasteiger partial charge in [-0.1, -0.05) is 17.2 Å². The van der Waals surface area contributed by atoms with Crippen molar-refractivity contribution < 1.29 is 33.5 Å². The Balaban J connectivity index is 1.83. The molecule has 1 unspecified atom stereocenters. The number of rotatable bonds is 3. The summed E-state index contributed by atoms with van der Waals surface area (Å²) in [7, 11) is 0. The molecule has 2 heterocycles. The number of hydrogen-bond donors (Lipinski definition) is 1. The minimum atomic E-state index is -1.66. The average molecular weight is 417 g/mol. The average Bonchev–Trinajstić information content (AvgIpc) is 3.17. The first-order valence-electron chi connectivity index (χ1n) is 9.40. The van der Waals surface area contributed by atoms with Crippen LogP contribution in [-0.2, 0) is 19.2 Å². The topological polar surface area (TPSA) is 122 Å². The van der Waals surface area contributed by atoms with Crippen molar-refractivity contribution in [2.24, 2.45) is 0 Å². The van der Waals surface area contributed by atoms with Crippen LogP contribution in [0, 0.1) is 0 Å². The molecule has 4 amide bonds. The van der Waals surface area contributed by atoms with Gasteiger partial charge < -0.3 is 19.8 Å². The molecule has 10 heteroatoms. The smallest absolute Gasteiger partial charge is 0.408 e. The Morgan fingerprint density at radius 2 is 1.63 bits per heavy atom. The lowest BCUT2D eigenvalue weighted by molar-refractivity contribution is -0.176. The molecule has 1 saturated heterocycles. The summed E-state index contributed by atoms with van der Waals surface area (Å²) >= 11 is 0. The Kier molecular flexibility index (Phi) is 5.27. The SMILES string of the molecule is CC(=O)N1CCC(NC(=O)OC(C)(C)C)(C(=O)ON2C(=O)c3ccccc3C2=O)C1. The van der Waals surface area contributed by atoms with E-state index >= 15 is 0 Å². The maximum absolute atomic E-state index is 13.1. The van der Waals surface area contributed by atoms with Gasteiger partial charge in [0.05, 0.1) is 17.7 Å². The molecule has 2 aliphatic heterocycles. The fourth-order valence-electron chi connectivity index (χ4n) is 3.32. The maximum Gasteiger partial charge on any atom is 0.408 e. The third-order valence-corrected chi connectivity index (χ3v) is 4.78. The molecule has 1 aromatic carbocycles. The molecular weight excluding hydrogens is 394 g/mol. The number of alkyl carbamates (subject to hydrolysis) is 1. The van der Waals surface area contributed by atoms with Crippen molar-refractivity contribution in [1.29, 1.82) is 0 Å². The molecule has 0 radical (unpaired) electrons. The Labute approximate surface area is 173 Å². The van der Waals surface area contributed by atoms with Gasteiger partial charge in [-0.25, -0.2) is 9.59 Å². The first-order valence-corrected chi connectivity index (χ1v) is 9.40. The van der Waals surface area contributed by atoms with E-state index < -0.39 is 35.0 Å². The summed E-state index contributed by atoms with van der Waals surface area (Å²) in [6, 6.07) is 6.07. The Bertz CT molecular complexity index is 902. The van der Waals surface area contributed by atoms with Gasteiger partial charge in [-0.05, 0) is 32.9 Å². The minimum absolute atomic E-state index is 0.0355. The van der Waals surface area contributed by atoms with Crippen LogP contribution in [0.15, 0.2) is 24.3 Å². The second kappa shape index (κ2) is 7.43. The number of benzene rings is 1. The van der Waals surface area contributed by atoms with E-state index in [2.05, 4.69) is 5.32 Å². The quantitative estimate of drug-likeness (QED) is 0.735. The fraction of sp³-hybridized carbons (Fsp3) is 0.450. The van der Waals surface area contributed by atoms with Crippen molar-refractivity contribution in [1.82, 2.24) is 15.3 Å². The number of nitrogens with zero attached hydrogens (tertiary/aromatic N) is 2. The molecule has 0 aromatic heterocycles. The zero-order valence-electron chi connectivity index (χ0n) is 17.2. The summed E-state index contributed by atoms with van der Waals surface area (Å²) in [4.78, 5) is 68.7. The van der Waals surface area contributed by atoms with E-state index in [1.54, 1.807) is 32.9 Å². The van der Waals surface area contributed by atoms with E-state index in [9.17, 15) is 24.0 Å². The predicted molar refractivity (Wildman–Crippen MR) is 102 cm³/mol. The third-order valence-electron chi connectivity index (χ3n) is 4.78. The molecule has 160 valence electrons. The highest BCUT2D eigenvalue weighted by Gasteiger charge is 2.51. The van der Waals surface area contributed by atoms with Gasteiger partial charge in [-0.3, -0.25) is 14.4 Å². The Morgan fingerprint density at radius 3 is 2.10 bits per heavy atom. The van der Waals surface area contributed by atoms with Crippen LogP contribution in [0.5, 0.6) is 0 Å². The van der Waals surface area contributed by atoms with Crippen molar-refractivity contribution in [3.8, 4) is 0 Å². The highest BCUT2D eigenvalue weighted by Crippen LogP contribution is 2.28. The number of hydroxylamine groups is 2. The van der Waals surface area contributed by atoms with E-state index in [0.29, 0.717) is 5.06 Å². The van der Waals surface area contributed by atoms with Crippen LogP contribution in [-0.4, -0.2) is 64.0 Å². The molecule has 10 nitrogen and oxygen atoms in total. The van der Waals surface area contributed by atoms with E-state index in [-0.39, 0.29) is 36.5 Å². The number of ether oxygens (including phenoxy) is 1. The van der Waals surface area contributed by atoms with Gasteiger partial charge >= 0.3 is 12.1 Å². The monoisotopic (exact) mass is 417 g/mol. The van der Waals surface area contributed by atoms with Crippen LogP contribution in [0.3, 0.4) is 0 Å². The zero-order valence-corrected chi connectivity index (χ0v) is 17.2. The van der Waals surface area contributed by atoms with Crippen molar-refractivity contribution in [3.05, 3.63) is 35.4 Å². The van der Waals surface area contributed by atoms with Gasteiger partial charge in [0.25, 0.3) is 11.8 Å². The maximum atomic E-state index is 13.1. The number of hydrogen-bond acceptors (Lipinski definition) is 7. The Morgan fingerprint density at radius 1 is 1.07 bits per heavy atom. The number of imide groups is 1. The molecule has 0 spiro atoms. The molecule has 3 rings (SSSR count). The van der Waals surface area contributed by atoms with E-state index in [4.69, 9.17) is 9.57 Å². The van der Waals surface area contributed by atoms with Gasteiger partial charge in [-0.15, -0.1) is 0 Å². The van der Waals surface area contributed by atoms with Gasteiger partial charge in [0.15, 0.2) is 5.54 Å². The summed E-state index contributed by atoms with van der Waals surface area (Å²) in [6.07, 6.45) is -0.847. The summed E-state index contributed by atoms with van der Waals surface area (Å²) in [5.74, 6) is -2.89.